The van der Waals surface area contributed by atoms with Gasteiger partial charge in [-0.2, -0.15) is 0 Å². The predicted molar refractivity (Wildman–Crippen MR) is 101 cm³/mol. The Labute approximate surface area is 160 Å². The lowest BCUT2D eigenvalue weighted by molar-refractivity contribution is -0.127. The molecule has 1 saturated heterocycles. The van der Waals surface area contributed by atoms with E-state index in [1.807, 2.05) is 0 Å². The lowest BCUT2D eigenvalue weighted by atomic mass is 9.83. The highest BCUT2D eigenvalue weighted by Gasteiger charge is 2.53. The maximum Gasteiger partial charge on any atom is 0.257 e. The van der Waals surface area contributed by atoms with Gasteiger partial charge < -0.3 is 14.8 Å². The third-order valence-corrected chi connectivity index (χ3v) is 5.52. The first-order chi connectivity index (χ1) is 13.0. The Bertz CT molecular complexity index is 747. The second kappa shape index (κ2) is 8.01. The molecule has 1 aliphatic heterocycles. The lowest BCUT2D eigenvalue weighted by Crippen LogP contribution is -2.56. The number of carbonyl (C=O) groups is 2. The van der Waals surface area contributed by atoms with Crippen LogP contribution in [0.1, 0.15) is 43.0 Å². The van der Waals surface area contributed by atoms with Gasteiger partial charge in [0.15, 0.2) is 0 Å². The molecule has 6 nitrogen and oxygen atoms in total. The molecule has 1 aliphatic carbocycles. The smallest absolute Gasteiger partial charge is 0.257 e. The first kappa shape index (κ1) is 19.2. The van der Waals surface area contributed by atoms with Gasteiger partial charge in [-0.3, -0.25) is 14.5 Å². The van der Waals surface area contributed by atoms with Crippen LogP contribution in [0.3, 0.4) is 0 Å². The van der Waals surface area contributed by atoms with E-state index in [2.05, 4.69) is 18.2 Å². The van der Waals surface area contributed by atoms with Gasteiger partial charge in [0, 0.05) is 5.56 Å². The van der Waals surface area contributed by atoms with Crippen LogP contribution in [0, 0.1) is 18.3 Å². The van der Waals surface area contributed by atoms with Gasteiger partial charge >= 0.3 is 0 Å². The first-order valence-electron chi connectivity index (χ1n) is 9.33. The number of benzene rings is 1. The molecule has 27 heavy (non-hydrogen) atoms. The van der Waals surface area contributed by atoms with Crippen molar-refractivity contribution in [3.05, 3.63) is 29.8 Å². The lowest BCUT2D eigenvalue weighted by Gasteiger charge is -2.43. The van der Waals surface area contributed by atoms with E-state index in [0.29, 0.717) is 17.2 Å². The molecule has 1 heterocycles. The number of methoxy groups -OCH3 is 1. The molecule has 0 radical (unpaired) electrons. The Morgan fingerprint density at radius 3 is 2.81 bits per heavy atom. The van der Waals surface area contributed by atoms with E-state index in [-0.39, 0.29) is 25.0 Å². The van der Waals surface area contributed by atoms with E-state index in [1.165, 1.54) is 0 Å². The fourth-order valence-electron chi connectivity index (χ4n) is 3.93. The minimum atomic E-state index is -0.731. The van der Waals surface area contributed by atoms with Crippen molar-refractivity contribution >= 4 is 11.8 Å². The molecule has 6 heteroatoms. The van der Waals surface area contributed by atoms with Crippen molar-refractivity contribution in [2.24, 2.45) is 5.92 Å². The van der Waals surface area contributed by atoms with Crippen molar-refractivity contribution < 1.29 is 19.1 Å². The van der Waals surface area contributed by atoms with Crippen LogP contribution in [0.25, 0.3) is 0 Å². The molecule has 2 fully saturated rings. The average Bonchev–Trinajstić information content (AvgIpc) is 3.07. The standard InChI is InChI=1S/C21H26N2O4/c1-4-12-22-19(24)18-14-27-21(10-8-15(2)9-11-21)23(18)20(25)16-6-5-7-17(13-16)26-3/h1,5-7,13,15,18H,8-12,14H2,2-3H3,(H,22,24)/t15?,18-,21?/m1/s1. The van der Waals surface area contributed by atoms with Gasteiger partial charge in [0.1, 0.15) is 17.5 Å². The third kappa shape index (κ3) is 3.79. The quantitative estimate of drug-likeness (QED) is 0.825. The van der Waals surface area contributed by atoms with Crippen molar-refractivity contribution in [1.29, 1.82) is 0 Å². The Kier molecular flexibility index (Phi) is 5.71. The molecule has 2 aliphatic rings. The van der Waals surface area contributed by atoms with E-state index < -0.39 is 11.8 Å². The maximum absolute atomic E-state index is 13.4. The molecule has 1 atom stereocenters. The van der Waals surface area contributed by atoms with Crippen LogP contribution in [-0.4, -0.2) is 48.7 Å². The van der Waals surface area contributed by atoms with Crippen molar-refractivity contribution in [2.45, 2.75) is 44.4 Å². The topological polar surface area (TPSA) is 67.9 Å². The number of amides is 2. The monoisotopic (exact) mass is 370 g/mol. The molecular formula is C21H26N2O4. The Morgan fingerprint density at radius 2 is 2.15 bits per heavy atom. The fraction of sp³-hybridized carbons (Fsp3) is 0.524. The summed E-state index contributed by atoms with van der Waals surface area (Å²) in [6.45, 7) is 2.51. The number of ether oxygens (including phenoxy) is 2. The van der Waals surface area contributed by atoms with E-state index in [1.54, 1.807) is 36.3 Å². The summed E-state index contributed by atoms with van der Waals surface area (Å²) in [4.78, 5) is 27.7. The minimum Gasteiger partial charge on any atom is -0.497 e. The molecule has 144 valence electrons. The fourth-order valence-corrected chi connectivity index (χ4v) is 3.93. The zero-order chi connectivity index (χ0) is 19.4. The van der Waals surface area contributed by atoms with Crippen LogP contribution in [-0.2, 0) is 9.53 Å². The SMILES string of the molecule is C#CCNC(=O)[C@H]1COC2(CCC(C)CC2)N1C(=O)c1cccc(OC)c1. The second-order valence-electron chi connectivity index (χ2n) is 7.28. The Hall–Kier alpha value is -2.52. The summed E-state index contributed by atoms with van der Waals surface area (Å²) in [5, 5.41) is 2.69. The van der Waals surface area contributed by atoms with E-state index in [0.717, 1.165) is 25.7 Å². The van der Waals surface area contributed by atoms with Crippen LogP contribution in [0.2, 0.25) is 0 Å². The molecule has 0 bridgehead atoms. The van der Waals surface area contributed by atoms with E-state index in [9.17, 15) is 9.59 Å². The van der Waals surface area contributed by atoms with Crippen molar-refractivity contribution in [1.82, 2.24) is 10.2 Å². The summed E-state index contributed by atoms with van der Waals surface area (Å²) in [6, 6.07) is 6.29. The average molecular weight is 370 g/mol. The highest BCUT2D eigenvalue weighted by molar-refractivity contribution is 5.98. The molecule has 1 spiro atoms. The number of nitrogens with zero attached hydrogens (tertiary/aromatic N) is 1. The van der Waals surface area contributed by atoms with E-state index >= 15 is 0 Å². The van der Waals surface area contributed by atoms with Crippen molar-refractivity contribution in [3.8, 4) is 18.1 Å². The van der Waals surface area contributed by atoms with Crippen molar-refractivity contribution in [2.75, 3.05) is 20.3 Å². The van der Waals surface area contributed by atoms with Crippen LogP contribution in [0.4, 0.5) is 0 Å². The van der Waals surface area contributed by atoms with Crippen LogP contribution in [0.5, 0.6) is 5.75 Å². The zero-order valence-corrected chi connectivity index (χ0v) is 15.9. The van der Waals surface area contributed by atoms with Gasteiger partial charge in [-0.15, -0.1) is 6.42 Å². The molecule has 1 aromatic carbocycles. The molecule has 3 rings (SSSR count). The van der Waals surface area contributed by atoms with Gasteiger partial charge in [-0.05, 0) is 49.8 Å². The van der Waals surface area contributed by atoms with Gasteiger partial charge in [-0.25, -0.2) is 0 Å². The molecule has 2 amide bonds. The van der Waals surface area contributed by atoms with Gasteiger partial charge in [-0.1, -0.05) is 18.9 Å². The summed E-state index contributed by atoms with van der Waals surface area (Å²) >= 11 is 0. The molecular weight excluding hydrogens is 344 g/mol. The molecule has 1 N–H and O–H groups in total. The molecule has 1 aromatic rings. The number of terminal acetylenes is 1. The largest absolute Gasteiger partial charge is 0.497 e. The molecule has 1 saturated carbocycles. The first-order valence-corrected chi connectivity index (χ1v) is 9.33. The normalized spacial score (nSPS) is 27.2. The summed E-state index contributed by atoms with van der Waals surface area (Å²) in [7, 11) is 1.56. The molecule has 0 aromatic heterocycles. The van der Waals surface area contributed by atoms with Crippen molar-refractivity contribution in [3.63, 3.8) is 0 Å². The minimum absolute atomic E-state index is 0.126. The summed E-state index contributed by atoms with van der Waals surface area (Å²) < 4.78 is 11.4. The number of nitrogens with one attached hydrogen (secondary N) is 1. The summed E-state index contributed by atoms with van der Waals surface area (Å²) in [5.41, 5.74) is -0.252. The van der Waals surface area contributed by atoms with Gasteiger partial charge in [0.2, 0.25) is 5.91 Å². The zero-order valence-electron chi connectivity index (χ0n) is 15.9. The highest BCUT2D eigenvalue weighted by Crippen LogP contribution is 2.43. The predicted octanol–water partition coefficient (Wildman–Crippen LogP) is 2.19. The summed E-state index contributed by atoms with van der Waals surface area (Å²) in [6.07, 6.45) is 8.62. The van der Waals surface area contributed by atoms with Crippen LogP contribution >= 0.6 is 0 Å². The highest BCUT2D eigenvalue weighted by atomic mass is 16.5. The Balaban J connectivity index is 1.93. The Morgan fingerprint density at radius 1 is 1.41 bits per heavy atom. The van der Waals surface area contributed by atoms with E-state index in [4.69, 9.17) is 15.9 Å². The number of rotatable bonds is 4. The van der Waals surface area contributed by atoms with Crippen LogP contribution < -0.4 is 10.1 Å². The van der Waals surface area contributed by atoms with Gasteiger partial charge in [0.25, 0.3) is 5.91 Å². The second-order valence-corrected chi connectivity index (χ2v) is 7.28. The van der Waals surface area contributed by atoms with Crippen LogP contribution in [0.15, 0.2) is 24.3 Å². The van der Waals surface area contributed by atoms with Gasteiger partial charge in [0.05, 0.1) is 20.3 Å². The number of hydrogen-bond donors (Lipinski definition) is 1. The maximum atomic E-state index is 13.4. The molecule has 0 unspecified atom stereocenters. The summed E-state index contributed by atoms with van der Waals surface area (Å²) in [5.74, 6) is 3.08. The number of carbonyl (C=O) groups excluding carboxylic acids is 2. The third-order valence-electron chi connectivity index (χ3n) is 5.52. The number of hydrogen-bond acceptors (Lipinski definition) is 4.